The molecule has 28 heavy (non-hydrogen) atoms. The largest absolute Gasteiger partial charge is 0.337 e. The van der Waals surface area contributed by atoms with E-state index in [4.69, 9.17) is 5.10 Å². The molecule has 1 aromatic heterocycles. The average Bonchev–Trinajstić information content (AvgIpc) is 3.08. The second-order valence-electron chi connectivity index (χ2n) is 9.09. The van der Waals surface area contributed by atoms with E-state index in [1.165, 1.54) is 69.0 Å². The predicted molar refractivity (Wildman–Crippen MR) is 113 cm³/mol. The highest BCUT2D eigenvalue weighted by molar-refractivity contribution is 5.94. The minimum Gasteiger partial charge on any atom is -0.337 e. The molecule has 1 unspecified atom stereocenters. The Kier molecular flexibility index (Phi) is 6.71. The van der Waals surface area contributed by atoms with Crippen molar-refractivity contribution in [3.05, 3.63) is 17.0 Å². The average molecular weight is 387 g/mol. The lowest BCUT2D eigenvalue weighted by atomic mass is 9.89. The molecular weight excluding hydrogens is 348 g/mol. The van der Waals surface area contributed by atoms with Crippen LogP contribution in [0.4, 0.5) is 0 Å². The number of amides is 1. The van der Waals surface area contributed by atoms with Gasteiger partial charge in [-0.05, 0) is 58.3 Å². The molecule has 1 aliphatic heterocycles. The lowest BCUT2D eigenvalue weighted by Gasteiger charge is -2.31. The van der Waals surface area contributed by atoms with E-state index < -0.39 is 0 Å². The highest BCUT2D eigenvalue weighted by Crippen LogP contribution is 2.28. The Bertz CT molecular complexity index is 654. The fourth-order valence-corrected chi connectivity index (χ4v) is 5.47. The van der Waals surface area contributed by atoms with E-state index in [1.54, 1.807) is 0 Å². The van der Waals surface area contributed by atoms with Gasteiger partial charge in [-0.3, -0.25) is 9.48 Å². The molecule has 5 nitrogen and oxygen atoms in total. The van der Waals surface area contributed by atoms with E-state index >= 15 is 0 Å². The summed E-state index contributed by atoms with van der Waals surface area (Å²) in [7, 11) is 0. The van der Waals surface area contributed by atoms with Gasteiger partial charge in [0.2, 0.25) is 0 Å². The summed E-state index contributed by atoms with van der Waals surface area (Å²) in [5.41, 5.74) is 3.31. The molecule has 0 aromatic carbocycles. The molecule has 0 radical (unpaired) electrons. The van der Waals surface area contributed by atoms with Crippen molar-refractivity contribution in [3.63, 3.8) is 0 Å². The molecule has 1 saturated carbocycles. The third-order valence-electron chi connectivity index (χ3n) is 7.07. The molecule has 1 atom stereocenters. The molecule has 0 bridgehead atoms. The van der Waals surface area contributed by atoms with Gasteiger partial charge >= 0.3 is 0 Å². The van der Waals surface area contributed by atoms with Crippen LogP contribution in [0.3, 0.4) is 0 Å². The van der Waals surface area contributed by atoms with Crippen LogP contribution >= 0.6 is 0 Å². The molecule has 1 saturated heterocycles. The molecule has 3 aliphatic rings. The third kappa shape index (κ3) is 4.45. The summed E-state index contributed by atoms with van der Waals surface area (Å²) in [5.74, 6) is 0.176. The van der Waals surface area contributed by atoms with Gasteiger partial charge in [-0.2, -0.15) is 5.10 Å². The number of nitrogens with zero attached hydrogens (tertiary/aromatic N) is 3. The first-order valence-electron chi connectivity index (χ1n) is 11.9. The van der Waals surface area contributed by atoms with Crippen LogP contribution in [0.5, 0.6) is 0 Å². The number of aryl methyl sites for hydroxylation is 1. The van der Waals surface area contributed by atoms with Gasteiger partial charge in [-0.15, -0.1) is 0 Å². The second kappa shape index (κ2) is 9.43. The maximum Gasteiger partial charge on any atom is 0.274 e. The molecule has 1 amide bonds. The van der Waals surface area contributed by atoms with Crippen LogP contribution in [0.25, 0.3) is 0 Å². The Labute approximate surface area is 170 Å². The van der Waals surface area contributed by atoms with Crippen LogP contribution in [0.1, 0.15) is 99.3 Å². The van der Waals surface area contributed by atoms with Gasteiger partial charge in [-0.1, -0.05) is 32.1 Å². The van der Waals surface area contributed by atoms with Crippen molar-refractivity contribution in [2.24, 2.45) is 0 Å². The molecule has 2 heterocycles. The molecule has 2 fully saturated rings. The fraction of sp³-hybridized carbons (Fsp3) is 0.826. The molecule has 5 heteroatoms. The number of fused-ring (bicyclic) bond motifs is 1. The fourth-order valence-electron chi connectivity index (χ4n) is 5.47. The van der Waals surface area contributed by atoms with Crippen molar-refractivity contribution < 1.29 is 4.79 Å². The maximum atomic E-state index is 13.2. The molecule has 1 aromatic rings. The Hall–Kier alpha value is -1.36. The van der Waals surface area contributed by atoms with Crippen molar-refractivity contribution in [1.82, 2.24) is 20.0 Å². The SMILES string of the molecule is CCn1nc(C(=O)N2CCCCC2)c2c1CCC(NC1CCCCCCC1)C2. The summed E-state index contributed by atoms with van der Waals surface area (Å²) in [5, 5.41) is 8.77. The first kappa shape index (κ1) is 19.9. The number of hydrogen-bond donors (Lipinski definition) is 1. The van der Waals surface area contributed by atoms with E-state index in [-0.39, 0.29) is 5.91 Å². The van der Waals surface area contributed by atoms with Crippen molar-refractivity contribution in [3.8, 4) is 0 Å². The summed E-state index contributed by atoms with van der Waals surface area (Å²) in [6, 6.07) is 1.16. The van der Waals surface area contributed by atoms with Crippen molar-refractivity contribution in [2.75, 3.05) is 13.1 Å². The van der Waals surface area contributed by atoms with E-state index in [0.717, 1.165) is 51.0 Å². The minimum atomic E-state index is 0.176. The summed E-state index contributed by atoms with van der Waals surface area (Å²) >= 11 is 0. The zero-order valence-electron chi connectivity index (χ0n) is 17.7. The molecule has 0 spiro atoms. The van der Waals surface area contributed by atoms with Crippen LogP contribution in [-0.4, -0.2) is 45.8 Å². The lowest BCUT2D eigenvalue weighted by Crippen LogP contribution is -2.42. The predicted octanol–water partition coefficient (Wildman–Crippen LogP) is 4.09. The number of rotatable bonds is 4. The van der Waals surface area contributed by atoms with Crippen LogP contribution in [0.15, 0.2) is 0 Å². The van der Waals surface area contributed by atoms with Gasteiger partial charge in [0, 0.05) is 43.0 Å². The lowest BCUT2D eigenvalue weighted by molar-refractivity contribution is 0.0716. The first-order chi connectivity index (χ1) is 13.8. The van der Waals surface area contributed by atoms with Crippen molar-refractivity contribution >= 4 is 5.91 Å². The third-order valence-corrected chi connectivity index (χ3v) is 7.07. The summed E-state index contributed by atoms with van der Waals surface area (Å²) in [4.78, 5) is 15.3. The van der Waals surface area contributed by atoms with E-state index in [9.17, 15) is 4.79 Å². The van der Waals surface area contributed by atoms with Crippen LogP contribution in [0, 0.1) is 0 Å². The highest BCUT2D eigenvalue weighted by Gasteiger charge is 2.32. The van der Waals surface area contributed by atoms with Gasteiger partial charge < -0.3 is 10.2 Å². The van der Waals surface area contributed by atoms with Gasteiger partial charge in [0.1, 0.15) is 0 Å². The topological polar surface area (TPSA) is 50.2 Å². The van der Waals surface area contributed by atoms with E-state index in [1.807, 2.05) is 4.90 Å². The van der Waals surface area contributed by atoms with Crippen LogP contribution in [0.2, 0.25) is 0 Å². The van der Waals surface area contributed by atoms with Crippen LogP contribution in [-0.2, 0) is 19.4 Å². The number of hydrogen-bond acceptors (Lipinski definition) is 3. The Morgan fingerprint density at radius 1 is 0.964 bits per heavy atom. The molecule has 4 rings (SSSR count). The van der Waals surface area contributed by atoms with Crippen molar-refractivity contribution in [1.29, 1.82) is 0 Å². The Balaban J connectivity index is 1.48. The summed E-state index contributed by atoms with van der Waals surface area (Å²) in [6.45, 7) is 4.80. The van der Waals surface area contributed by atoms with Gasteiger partial charge in [0.25, 0.3) is 5.91 Å². The number of likely N-dealkylation sites (tertiary alicyclic amines) is 1. The summed E-state index contributed by atoms with van der Waals surface area (Å²) < 4.78 is 2.10. The maximum absolute atomic E-state index is 13.2. The number of piperidine rings is 1. The quantitative estimate of drug-likeness (QED) is 0.848. The molecule has 156 valence electrons. The standard InChI is InChI=1S/C23H38N4O/c1-2-27-21-14-13-19(24-18-11-7-4-3-5-8-12-18)17-20(21)22(25-27)23(28)26-15-9-6-10-16-26/h18-19,24H,2-17H2,1H3. The van der Waals surface area contributed by atoms with Gasteiger partial charge in [-0.25, -0.2) is 0 Å². The van der Waals surface area contributed by atoms with Gasteiger partial charge in [0.05, 0.1) is 0 Å². The second-order valence-corrected chi connectivity index (χ2v) is 9.09. The Morgan fingerprint density at radius 3 is 2.36 bits per heavy atom. The minimum absolute atomic E-state index is 0.176. The summed E-state index contributed by atoms with van der Waals surface area (Å²) in [6.07, 6.45) is 16.3. The molecule has 2 aliphatic carbocycles. The van der Waals surface area contributed by atoms with Crippen LogP contribution < -0.4 is 5.32 Å². The number of carbonyl (C=O) groups excluding carboxylic acids is 1. The number of carbonyl (C=O) groups is 1. The monoisotopic (exact) mass is 386 g/mol. The van der Waals surface area contributed by atoms with E-state index in [2.05, 4.69) is 16.9 Å². The number of aromatic nitrogens is 2. The van der Waals surface area contributed by atoms with Crippen molar-refractivity contribution in [2.45, 2.75) is 109 Å². The van der Waals surface area contributed by atoms with E-state index in [0.29, 0.717) is 12.1 Å². The first-order valence-corrected chi connectivity index (χ1v) is 11.9. The number of nitrogens with one attached hydrogen (secondary N) is 1. The van der Waals surface area contributed by atoms with Gasteiger partial charge in [0.15, 0.2) is 5.69 Å². The normalized spacial score (nSPS) is 24.5. The Morgan fingerprint density at radius 2 is 1.64 bits per heavy atom. The highest BCUT2D eigenvalue weighted by atomic mass is 16.2. The zero-order valence-corrected chi connectivity index (χ0v) is 17.7. The molecular formula is C23H38N4O. The smallest absolute Gasteiger partial charge is 0.274 e. The zero-order chi connectivity index (χ0) is 19.3. The molecule has 1 N–H and O–H groups in total.